The van der Waals surface area contributed by atoms with Crippen LogP contribution in [0.5, 0.6) is 0 Å². The minimum Gasteiger partial charge on any atom is -0.381 e. The van der Waals surface area contributed by atoms with E-state index >= 15 is 0 Å². The summed E-state index contributed by atoms with van der Waals surface area (Å²) in [4.78, 5) is 0. The number of hydrogen-bond donors (Lipinski definition) is 1. The molecule has 0 spiro atoms. The van der Waals surface area contributed by atoms with Crippen LogP contribution in [-0.4, -0.2) is 26.3 Å². The Bertz CT molecular complexity index is 393. The van der Waals surface area contributed by atoms with Crippen molar-refractivity contribution in [2.24, 2.45) is 5.92 Å². The van der Waals surface area contributed by atoms with Crippen molar-refractivity contribution in [2.45, 2.75) is 25.3 Å². The van der Waals surface area contributed by atoms with E-state index in [1.54, 1.807) is 6.07 Å². The van der Waals surface area contributed by atoms with E-state index in [2.05, 4.69) is 21.2 Å². The van der Waals surface area contributed by atoms with Gasteiger partial charge in [0.2, 0.25) is 0 Å². The number of ether oxygens (including phenoxy) is 1. The molecule has 0 amide bonds. The van der Waals surface area contributed by atoms with Gasteiger partial charge in [0.05, 0.1) is 0 Å². The van der Waals surface area contributed by atoms with Gasteiger partial charge in [0, 0.05) is 23.7 Å². The predicted octanol–water partition coefficient (Wildman–Crippen LogP) is 3.15. The van der Waals surface area contributed by atoms with E-state index in [0.29, 0.717) is 12.0 Å². The topological polar surface area (TPSA) is 21.3 Å². The zero-order chi connectivity index (χ0) is 13.0. The molecule has 0 radical (unpaired) electrons. The fraction of sp³-hybridized carbons (Fsp3) is 0.571. The van der Waals surface area contributed by atoms with Crippen molar-refractivity contribution in [1.82, 2.24) is 5.32 Å². The Morgan fingerprint density at radius 2 is 2.17 bits per heavy atom. The molecule has 1 atom stereocenters. The molecule has 0 bridgehead atoms. The number of hydrogen-bond acceptors (Lipinski definition) is 2. The van der Waals surface area contributed by atoms with Gasteiger partial charge in [0.15, 0.2) is 0 Å². The molecule has 1 aliphatic rings. The van der Waals surface area contributed by atoms with Crippen LogP contribution in [0.15, 0.2) is 22.7 Å². The molecule has 18 heavy (non-hydrogen) atoms. The van der Waals surface area contributed by atoms with Gasteiger partial charge in [-0.25, -0.2) is 4.39 Å². The summed E-state index contributed by atoms with van der Waals surface area (Å²) in [5, 5.41) is 3.33. The normalized spacial score (nSPS) is 18.8. The van der Waals surface area contributed by atoms with Gasteiger partial charge in [-0.2, -0.15) is 0 Å². The van der Waals surface area contributed by atoms with Crippen LogP contribution in [0, 0.1) is 11.7 Å². The van der Waals surface area contributed by atoms with Gasteiger partial charge >= 0.3 is 0 Å². The quantitative estimate of drug-likeness (QED) is 0.921. The smallest absolute Gasteiger partial charge is 0.126 e. The Morgan fingerprint density at radius 3 is 2.83 bits per heavy atom. The monoisotopic (exact) mass is 315 g/mol. The Balaban J connectivity index is 2.06. The second-order valence-corrected chi connectivity index (χ2v) is 5.70. The first kappa shape index (κ1) is 14.0. The molecule has 4 heteroatoms. The largest absolute Gasteiger partial charge is 0.381 e. The van der Waals surface area contributed by atoms with Crippen molar-refractivity contribution >= 4 is 15.9 Å². The molecule has 1 aromatic rings. The van der Waals surface area contributed by atoms with Gasteiger partial charge in [0.1, 0.15) is 5.82 Å². The van der Waals surface area contributed by atoms with E-state index < -0.39 is 0 Å². The summed E-state index contributed by atoms with van der Waals surface area (Å²) in [5.41, 5.74) is 0.773. The number of halogens is 2. The van der Waals surface area contributed by atoms with Gasteiger partial charge in [-0.05, 0) is 56.0 Å². The van der Waals surface area contributed by atoms with Crippen LogP contribution in [0.4, 0.5) is 4.39 Å². The molecule has 0 saturated carbocycles. The Labute approximate surface area is 116 Å². The van der Waals surface area contributed by atoms with Gasteiger partial charge in [-0.1, -0.05) is 15.9 Å². The summed E-state index contributed by atoms with van der Waals surface area (Å²) in [6.45, 7) is 1.65. The maximum atomic E-state index is 13.8. The molecule has 1 unspecified atom stereocenters. The molecule has 1 heterocycles. The fourth-order valence-corrected chi connectivity index (χ4v) is 2.97. The second-order valence-electron chi connectivity index (χ2n) is 4.78. The van der Waals surface area contributed by atoms with E-state index in [1.165, 1.54) is 6.07 Å². The highest BCUT2D eigenvalue weighted by Crippen LogP contribution is 2.24. The van der Waals surface area contributed by atoms with E-state index in [-0.39, 0.29) is 5.82 Å². The highest BCUT2D eigenvalue weighted by Gasteiger charge is 2.23. The number of rotatable bonds is 4. The summed E-state index contributed by atoms with van der Waals surface area (Å²) in [7, 11) is 1.95. The summed E-state index contributed by atoms with van der Waals surface area (Å²) >= 11 is 3.40. The Morgan fingerprint density at radius 1 is 1.44 bits per heavy atom. The van der Waals surface area contributed by atoms with Crippen LogP contribution in [0.25, 0.3) is 0 Å². The van der Waals surface area contributed by atoms with E-state index in [4.69, 9.17) is 4.74 Å². The van der Waals surface area contributed by atoms with Crippen molar-refractivity contribution in [2.75, 3.05) is 20.3 Å². The highest BCUT2D eigenvalue weighted by atomic mass is 79.9. The average molecular weight is 316 g/mol. The third-order valence-corrected chi connectivity index (χ3v) is 4.15. The minimum atomic E-state index is -0.120. The highest BCUT2D eigenvalue weighted by molar-refractivity contribution is 9.10. The SMILES string of the molecule is CNC(Cc1cc(Br)ccc1F)C1CCOCC1. The Hall–Kier alpha value is -0.450. The molecule has 1 aliphatic heterocycles. The van der Waals surface area contributed by atoms with E-state index in [9.17, 15) is 4.39 Å². The maximum Gasteiger partial charge on any atom is 0.126 e. The van der Waals surface area contributed by atoms with Crippen molar-refractivity contribution in [3.05, 3.63) is 34.1 Å². The zero-order valence-electron chi connectivity index (χ0n) is 10.6. The van der Waals surface area contributed by atoms with Crippen LogP contribution in [0.3, 0.4) is 0 Å². The predicted molar refractivity (Wildman–Crippen MR) is 74.2 cm³/mol. The lowest BCUT2D eigenvalue weighted by Gasteiger charge is -2.30. The van der Waals surface area contributed by atoms with Crippen molar-refractivity contribution in [3.8, 4) is 0 Å². The molecule has 100 valence electrons. The van der Waals surface area contributed by atoms with Crippen LogP contribution >= 0.6 is 15.9 Å². The first-order valence-electron chi connectivity index (χ1n) is 6.39. The van der Waals surface area contributed by atoms with Gasteiger partial charge < -0.3 is 10.1 Å². The molecule has 1 N–H and O–H groups in total. The molecule has 2 rings (SSSR count). The first-order valence-corrected chi connectivity index (χ1v) is 7.19. The number of benzene rings is 1. The fourth-order valence-electron chi connectivity index (χ4n) is 2.56. The third kappa shape index (κ3) is 3.53. The summed E-state index contributed by atoms with van der Waals surface area (Å²) < 4.78 is 20.1. The number of likely N-dealkylation sites (N-methyl/N-ethyl adjacent to an activating group) is 1. The molecule has 0 aromatic heterocycles. The zero-order valence-corrected chi connectivity index (χ0v) is 12.2. The third-order valence-electron chi connectivity index (χ3n) is 3.65. The molecule has 2 nitrogen and oxygen atoms in total. The summed E-state index contributed by atoms with van der Waals surface area (Å²) in [5.74, 6) is 0.452. The summed E-state index contributed by atoms with van der Waals surface area (Å²) in [6.07, 6.45) is 2.84. The van der Waals surface area contributed by atoms with Crippen LogP contribution in [-0.2, 0) is 11.2 Å². The molecule has 0 aliphatic carbocycles. The Kier molecular flexibility index (Phi) is 5.15. The van der Waals surface area contributed by atoms with Crippen LogP contribution < -0.4 is 5.32 Å². The lowest BCUT2D eigenvalue weighted by atomic mass is 9.87. The van der Waals surface area contributed by atoms with Crippen molar-refractivity contribution < 1.29 is 9.13 Å². The van der Waals surface area contributed by atoms with E-state index in [1.807, 2.05) is 13.1 Å². The van der Waals surface area contributed by atoms with Crippen LogP contribution in [0.2, 0.25) is 0 Å². The standard InChI is InChI=1S/C14H19BrFNO/c1-17-14(10-4-6-18-7-5-10)9-11-8-12(15)2-3-13(11)16/h2-3,8,10,14,17H,4-7,9H2,1H3. The average Bonchev–Trinajstić information content (AvgIpc) is 2.41. The molecule has 1 saturated heterocycles. The second kappa shape index (κ2) is 6.64. The van der Waals surface area contributed by atoms with Gasteiger partial charge in [-0.3, -0.25) is 0 Å². The van der Waals surface area contributed by atoms with Gasteiger partial charge in [-0.15, -0.1) is 0 Å². The maximum absolute atomic E-state index is 13.8. The first-order chi connectivity index (χ1) is 8.70. The molecular formula is C14H19BrFNO. The lowest BCUT2D eigenvalue weighted by molar-refractivity contribution is 0.0546. The summed E-state index contributed by atoms with van der Waals surface area (Å²) in [6, 6.07) is 5.45. The number of nitrogens with one attached hydrogen (secondary N) is 1. The lowest BCUT2D eigenvalue weighted by Crippen LogP contribution is -2.38. The van der Waals surface area contributed by atoms with E-state index in [0.717, 1.165) is 42.5 Å². The van der Waals surface area contributed by atoms with Crippen molar-refractivity contribution in [1.29, 1.82) is 0 Å². The van der Waals surface area contributed by atoms with Crippen LogP contribution in [0.1, 0.15) is 18.4 Å². The minimum absolute atomic E-state index is 0.120. The van der Waals surface area contributed by atoms with Crippen molar-refractivity contribution in [3.63, 3.8) is 0 Å². The van der Waals surface area contributed by atoms with Gasteiger partial charge in [0.25, 0.3) is 0 Å². The molecular weight excluding hydrogens is 297 g/mol. The molecule has 1 fully saturated rings. The molecule has 1 aromatic carbocycles.